The van der Waals surface area contributed by atoms with Crippen LogP contribution >= 0.6 is 0 Å². The number of carbonyl (C=O) groups excluding carboxylic acids is 1. The van der Waals surface area contributed by atoms with Gasteiger partial charge in [0.15, 0.2) is 11.5 Å². The smallest absolute Gasteiger partial charge is 0.272 e. The number of amides is 1. The van der Waals surface area contributed by atoms with E-state index in [1.165, 1.54) is 12.8 Å². The average molecular weight is 313 g/mol. The first-order valence-corrected chi connectivity index (χ1v) is 7.62. The summed E-state index contributed by atoms with van der Waals surface area (Å²) in [7, 11) is 1.56. The third-order valence-corrected chi connectivity index (χ3v) is 3.77. The number of aromatic nitrogens is 3. The predicted octanol–water partition coefficient (Wildman–Crippen LogP) is 1.41. The van der Waals surface area contributed by atoms with Crippen LogP contribution in [0.25, 0.3) is 0 Å². The lowest BCUT2D eigenvalue weighted by molar-refractivity contribution is 0.0945. The number of ether oxygens (including phenoxy) is 1. The summed E-state index contributed by atoms with van der Waals surface area (Å²) >= 11 is 0. The summed E-state index contributed by atoms with van der Waals surface area (Å²) in [6.45, 7) is 2.39. The van der Waals surface area contributed by atoms with Crippen molar-refractivity contribution in [3.05, 3.63) is 41.7 Å². The van der Waals surface area contributed by atoms with Gasteiger partial charge in [-0.3, -0.25) is 4.79 Å². The zero-order valence-corrected chi connectivity index (χ0v) is 13.0. The molecule has 1 aliphatic heterocycles. The maximum Gasteiger partial charge on any atom is 0.272 e. The van der Waals surface area contributed by atoms with E-state index in [4.69, 9.17) is 4.74 Å². The number of anilines is 1. The van der Waals surface area contributed by atoms with Gasteiger partial charge in [-0.1, -0.05) is 0 Å². The number of hydrogen-bond acceptors (Lipinski definition) is 6. The second-order valence-corrected chi connectivity index (χ2v) is 5.36. The lowest BCUT2D eigenvalue weighted by Gasteiger charge is -2.15. The Morgan fingerprint density at radius 3 is 2.78 bits per heavy atom. The summed E-state index contributed by atoms with van der Waals surface area (Å²) in [5, 5.41) is 11.0. The lowest BCUT2D eigenvalue weighted by atomic mass is 10.2. The number of carbonyl (C=O) groups is 1. The van der Waals surface area contributed by atoms with Gasteiger partial charge in [0.2, 0.25) is 5.88 Å². The van der Waals surface area contributed by atoms with Crippen LogP contribution in [-0.4, -0.2) is 41.3 Å². The molecule has 1 N–H and O–H groups in total. The van der Waals surface area contributed by atoms with Gasteiger partial charge < -0.3 is 15.0 Å². The molecule has 3 rings (SSSR count). The van der Waals surface area contributed by atoms with Crippen LogP contribution in [0.5, 0.6) is 5.88 Å². The molecule has 0 radical (unpaired) electrons. The van der Waals surface area contributed by atoms with E-state index in [1.807, 2.05) is 12.1 Å². The number of pyridine rings is 1. The number of nitrogens with one attached hydrogen (secondary N) is 1. The standard InChI is InChI=1S/C16H19N5O2/c1-23-15-10-12(6-7-17-15)11-18-16(22)13-4-5-14(20-19-13)21-8-2-3-9-21/h4-7,10H,2-3,8-9,11H2,1H3,(H,18,22). The van der Waals surface area contributed by atoms with E-state index in [0.717, 1.165) is 24.5 Å². The molecule has 23 heavy (non-hydrogen) atoms. The van der Waals surface area contributed by atoms with Crippen LogP contribution in [0.2, 0.25) is 0 Å². The van der Waals surface area contributed by atoms with E-state index >= 15 is 0 Å². The molecule has 0 aromatic carbocycles. The first-order chi connectivity index (χ1) is 11.3. The largest absolute Gasteiger partial charge is 0.481 e. The molecular weight excluding hydrogens is 294 g/mol. The highest BCUT2D eigenvalue weighted by atomic mass is 16.5. The van der Waals surface area contributed by atoms with Crippen molar-refractivity contribution in [1.82, 2.24) is 20.5 Å². The monoisotopic (exact) mass is 313 g/mol. The molecule has 2 aromatic heterocycles. The van der Waals surface area contributed by atoms with Gasteiger partial charge in [0.1, 0.15) is 0 Å². The van der Waals surface area contributed by atoms with Gasteiger partial charge in [-0.25, -0.2) is 4.98 Å². The molecule has 0 bridgehead atoms. The fourth-order valence-corrected chi connectivity index (χ4v) is 2.51. The molecule has 1 saturated heterocycles. The molecule has 0 aliphatic carbocycles. The Labute approximate surface area is 134 Å². The van der Waals surface area contributed by atoms with Gasteiger partial charge in [-0.15, -0.1) is 10.2 Å². The molecular formula is C16H19N5O2. The minimum atomic E-state index is -0.249. The zero-order valence-electron chi connectivity index (χ0n) is 13.0. The maximum atomic E-state index is 12.1. The quantitative estimate of drug-likeness (QED) is 0.899. The fraction of sp³-hybridized carbons (Fsp3) is 0.375. The Kier molecular flexibility index (Phi) is 4.65. The van der Waals surface area contributed by atoms with Crippen molar-refractivity contribution in [2.75, 3.05) is 25.1 Å². The first-order valence-electron chi connectivity index (χ1n) is 7.62. The van der Waals surface area contributed by atoms with Crippen LogP contribution < -0.4 is 15.0 Å². The minimum Gasteiger partial charge on any atom is -0.481 e. The van der Waals surface area contributed by atoms with Crippen molar-refractivity contribution >= 4 is 11.7 Å². The van der Waals surface area contributed by atoms with Gasteiger partial charge in [-0.05, 0) is 36.6 Å². The molecule has 2 aromatic rings. The maximum absolute atomic E-state index is 12.1. The van der Waals surface area contributed by atoms with Crippen LogP contribution in [0.3, 0.4) is 0 Å². The molecule has 3 heterocycles. The van der Waals surface area contributed by atoms with Gasteiger partial charge in [0.25, 0.3) is 5.91 Å². The van der Waals surface area contributed by atoms with Crippen LogP contribution in [0, 0.1) is 0 Å². The normalized spacial score (nSPS) is 13.9. The van der Waals surface area contributed by atoms with Gasteiger partial charge in [-0.2, -0.15) is 0 Å². The van der Waals surface area contributed by atoms with Crippen molar-refractivity contribution < 1.29 is 9.53 Å². The summed E-state index contributed by atoms with van der Waals surface area (Å²) in [6, 6.07) is 7.17. The van der Waals surface area contributed by atoms with Gasteiger partial charge >= 0.3 is 0 Å². The van der Waals surface area contributed by atoms with Crippen molar-refractivity contribution in [3.8, 4) is 5.88 Å². The molecule has 1 amide bonds. The summed E-state index contributed by atoms with van der Waals surface area (Å²) in [4.78, 5) is 18.3. The molecule has 1 fully saturated rings. The van der Waals surface area contributed by atoms with Crippen molar-refractivity contribution in [2.24, 2.45) is 0 Å². The fourth-order valence-electron chi connectivity index (χ4n) is 2.51. The third kappa shape index (κ3) is 3.74. The number of methoxy groups -OCH3 is 1. The molecule has 0 spiro atoms. The Morgan fingerprint density at radius 1 is 1.26 bits per heavy atom. The summed E-state index contributed by atoms with van der Waals surface area (Å²) in [5.74, 6) is 1.10. The van der Waals surface area contributed by atoms with E-state index in [1.54, 1.807) is 25.4 Å². The molecule has 1 aliphatic rings. The van der Waals surface area contributed by atoms with E-state index in [2.05, 4.69) is 25.4 Å². The van der Waals surface area contributed by atoms with Crippen LogP contribution in [0.15, 0.2) is 30.5 Å². The molecule has 7 heteroatoms. The van der Waals surface area contributed by atoms with E-state index in [0.29, 0.717) is 18.1 Å². The van der Waals surface area contributed by atoms with Gasteiger partial charge in [0, 0.05) is 31.9 Å². The number of hydrogen-bond donors (Lipinski definition) is 1. The van der Waals surface area contributed by atoms with E-state index < -0.39 is 0 Å². The minimum absolute atomic E-state index is 0.249. The predicted molar refractivity (Wildman–Crippen MR) is 85.4 cm³/mol. The zero-order chi connectivity index (χ0) is 16.1. The second-order valence-electron chi connectivity index (χ2n) is 5.36. The Hall–Kier alpha value is -2.70. The van der Waals surface area contributed by atoms with Gasteiger partial charge in [0.05, 0.1) is 7.11 Å². The van der Waals surface area contributed by atoms with Crippen molar-refractivity contribution in [3.63, 3.8) is 0 Å². The van der Waals surface area contributed by atoms with Crippen molar-refractivity contribution in [1.29, 1.82) is 0 Å². The molecule has 0 unspecified atom stereocenters. The Balaban J connectivity index is 1.59. The highest BCUT2D eigenvalue weighted by Gasteiger charge is 2.15. The highest BCUT2D eigenvalue weighted by Crippen LogP contribution is 2.16. The van der Waals surface area contributed by atoms with Crippen LogP contribution in [-0.2, 0) is 6.54 Å². The van der Waals surface area contributed by atoms with Crippen LogP contribution in [0.4, 0.5) is 5.82 Å². The summed E-state index contributed by atoms with van der Waals surface area (Å²) in [6.07, 6.45) is 4.00. The number of rotatable bonds is 5. The van der Waals surface area contributed by atoms with Crippen molar-refractivity contribution in [2.45, 2.75) is 19.4 Å². The lowest BCUT2D eigenvalue weighted by Crippen LogP contribution is -2.25. The molecule has 120 valence electrons. The van der Waals surface area contributed by atoms with E-state index in [9.17, 15) is 4.79 Å². The molecule has 0 atom stereocenters. The average Bonchev–Trinajstić information content (AvgIpc) is 3.14. The highest BCUT2D eigenvalue weighted by molar-refractivity contribution is 5.92. The third-order valence-electron chi connectivity index (χ3n) is 3.77. The Morgan fingerprint density at radius 2 is 2.09 bits per heavy atom. The summed E-state index contributed by atoms with van der Waals surface area (Å²) < 4.78 is 5.06. The SMILES string of the molecule is COc1cc(CNC(=O)c2ccc(N3CCCC3)nn2)ccn1. The summed E-state index contributed by atoms with van der Waals surface area (Å²) in [5.41, 5.74) is 1.22. The molecule has 7 nitrogen and oxygen atoms in total. The topological polar surface area (TPSA) is 80.2 Å². The Bertz CT molecular complexity index is 668. The first kappa shape index (κ1) is 15.2. The van der Waals surface area contributed by atoms with E-state index in [-0.39, 0.29) is 5.91 Å². The second kappa shape index (κ2) is 7.04. The number of nitrogens with zero attached hydrogens (tertiary/aromatic N) is 4. The molecule has 0 saturated carbocycles. The van der Waals surface area contributed by atoms with Crippen LogP contribution in [0.1, 0.15) is 28.9 Å².